The molecule has 0 rings (SSSR count). The minimum Gasteiger partial charge on any atom is -0.480 e. The molecular formula is C14H26N4O6S2. The number of carboxylic acids is 1. The van der Waals surface area contributed by atoms with Crippen molar-refractivity contribution in [2.45, 2.75) is 37.6 Å². The minimum atomic E-state index is -1.21. The molecule has 26 heavy (non-hydrogen) atoms. The third-order valence-electron chi connectivity index (χ3n) is 3.30. The Morgan fingerprint density at radius 3 is 2.15 bits per heavy atom. The summed E-state index contributed by atoms with van der Waals surface area (Å²) in [5.74, 6) is -2.75. The maximum Gasteiger partial charge on any atom is 0.322 e. The van der Waals surface area contributed by atoms with E-state index in [1.54, 1.807) is 0 Å². The summed E-state index contributed by atoms with van der Waals surface area (Å²) in [6.07, 6.45) is 0.996. The van der Waals surface area contributed by atoms with Gasteiger partial charge in [0, 0.05) is 5.75 Å². The number of thioether (sulfide) groups is 1. The maximum absolute atomic E-state index is 12.3. The first-order valence-electron chi connectivity index (χ1n) is 7.77. The van der Waals surface area contributed by atoms with Gasteiger partial charge in [-0.25, -0.2) is 0 Å². The van der Waals surface area contributed by atoms with Crippen molar-refractivity contribution < 1.29 is 29.4 Å². The van der Waals surface area contributed by atoms with E-state index in [0.29, 0.717) is 5.75 Å². The Balaban J connectivity index is 4.92. The van der Waals surface area contributed by atoms with Gasteiger partial charge in [0.25, 0.3) is 0 Å². The molecule has 4 unspecified atom stereocenters. The molecular weight excluding hydrogens is 384 g/mol. The number of nitrogens with one attached hydrogen (secondary N) is 3. The molecule has 7 N–H and O–H groups in total. The van der Waals surface area contributed by atoms with Gasteiger partial charge in [0.2, 0.25) is 17.7 Å². The molecule has 0 heterocycles. The summed E-state index contributed by atoms with van der Waals surface area (Å²) in [4.78, 5) is 46.8. The first-order valence-corrected chi connectivity index (χ1v) is 9.80. The molecule has 0 saturated heterocycles. The first kappa shape index (κ1) is 24.5. The Morgan fingerprint density at radius 2 is 1.69 bits per heavy atom. The summed E-state index contributed by atoms with van der Waals surface area (Å²) < 4.78 is 0. The van der Waals surface area contributed by atoms with Crippen LogP contribution in [0.2, 0.25) is 0 Å². The number of carboxylic acid groups (broad SMARTS) is 1. The predicted molar refractivity (Wildman–Crippen MR) is 101 cm³/mol. The van der Waals surface area contributed by atoms with Gasteiger partial charge in [-0.1, -0.05) is 0 Å². The Morgan fingerprint density at radius 1 is 1.12 bits per heavy atom. The molecule has 4 atom stereocenters. The minimum absolute atomic E-state index is 0.0594. The zero-order valence-corrected chi connectivity index (χ0v) is 16.3. The average molecular weight is 411 g/mol. The van der Waals surface area contributed by atoms with Gasteiger partial charge < -0.3 is 31.9 Å². The lowest BCUT2D eigenvalue weighted by Gasteiger charge is -2.23. The SMILES string of the molecule is CSCCC(NC(=O)C(CS)NC(=O)C(N)C(C)O)C(=O)NCC(=O)O. The van der Waals surface area contributed by atoms with Crippen LogP contribution in [-0.4, -0.2) is 82.4 Å². The lowest BCUT2D eigenvalue weighted by molar-refractivity contribution is -0.138. The highest BCUT2D eigenvalue weighted by Crippen LogP contribution is 2.03. The van der Waals surface area contributed by atoms with Gasteiger partial charge in [0.1, 0.15) is 24.7 Å². The Bertz CT molecular complexity index is 506. The summed E-state index contributed by atoms with van der Waals surface area (Å²) >= 11 is 5.46. The molecule has 0 saturated carbocycles. The van der Waals surface area contributed by atoms with Crippen molar-refractivity contribution in [3.8, 4) is 0 Å². The molecule has 0 spiro atoms. The fourth-order valence-corrected chi connectivity index (χ4v) is 2.47. The van der Waals surface area contributed by atoms with E-state index in [-0.39, 0.29) is 12.2 Å². The van der Waals surface area contributed by atoms with Gasteiger partial charge in [0.15, 0.2) is 0 Å². The zero-order chi connectivity index (χ0) is 20.3. The smallest absolute Gasteiger partial charge is 0.322 e. The predicted octanol–water partition coefficient (Wildman–Crippen LogP) is -2.45. The zero-order valence-electron chi connectivity index (χ0n) is 14.6. The molecule has 0 fully saturated rings. The van der Waals surface area contributed by atoms with Crippen molar-refractivity contribution >= 4 is 48.1 Å². The van der Waals surface area contributed by atoms with E-state index < -0.39 is 54.5 Å². The third kappa shape index (κ3) is 9.27. The maximum atomic E-state index is 12.3. The molecule has 0 aliphatic rings. The quantitative estimate of drug-likeness (QED) is 0.174. The molecule has 0 radical (unpaired) electrons. The number of thiol groups is 1. The second kappa shape index (κ2) is 12.8. The molecule has 0 aromatic carbocycles. The Hall–Kier alpha value is -1.50. The van der Waals surface area contributed by atoms with Crippen LogP contribution < -0.4 is 21.7 Å². The Kier molecular flexibility index (Phi) is 12.1. The van der Waals surface area contributed by atoms with Gasteiger partial charge in [-0.2, -0.15) is 24.4 Å². The van der Waals surface area contributed by atoms with Gasteiger partial charge in [0.05, 0.1) is 6.10 Å². The van der Waals surface area contributed by atoms with Crippen LogP contribution in [0, 0.1) is 0 Å². The van der Waals surface area contributed by atoms with E-state index in [0.717, 1.165) is 0 Å². The topological polar surface area (TPSA) is 171 Å². The molecule has 0 aromatic heterocycles. The van der Waals surface area contributed by atoms with Crippen molar-refractivity contribution in [1.29, 1.82) is 0 Å². The summed E-state index contributed by atoms with van der Waals surface area (Å²) in [5.41, 5.74) is 5.51. The number of rotatable bonds is 12. The van der Waals surface area contributed by atoms with Crippen LogP contribution in [0.4, 0.5) is 0 Å². The third-order valence-corrected chi connectivity index (χ3v) is 4.30. The molecule has 10 nitrogen and oxygen atoms in total. The molecule has 0 bridgehead atoms. The van der Waals surface area contributed by atoms with Crippen LogP contribution >= 0.6 is 24.4 Å². The highest BCUT2D eigenvalue weighted by molar-refractivity contribution is 7.98. The van der Waals surface area contributed by atoms with Crippen molar-refractivity contribution in [3.05, 3.63) is 0 Å². The first-order chi connectivity index (χ1) is 12.1. The van der Waals surface area contributed by atoms with Crippen molar-refractivity contribution in [1.82, 2.24) is 16.0 Å². The number of aliphatic carboxylic acids is 1. The lowest BCUT2D eigenvalue weighted by Crippen LogP contribution is -2.58. The van der Waals surface area contributed by atoms with E-state index >= 15 is 0 Å². The number of amides is 3. The molecule has 150 valence electrons. The average Bonchev–Trinajstić information content (AvgIpc) is 2.59. The number of carbonyl (C=O) groups is 4. The number of hydrogen-bond acceptors (Lipinski definition) is 8. The van der Waals surface area contributed by atoms with Crippen LogP contribution in [0.25, 0.3) is 0 Å². The fraction of sp³-hybridized carbons (Fsp3) is 0.714. The molecule has 0 aliphatic heterocycles. The van der Waals surface area contributed by atoms with Crippen LogP contribution in [0.1, 0.15) is 13.3 Å². The standard InChI is InChI=1S/C14H26N4O6S2/c1-7(19)11(15)14(24)18-9(6-25)13(23)17-8(3-4-26-2)12(22)16-5-10(20)21/h7-9,11,19,25H,3-6,15H2,1-2H3,(H,16,22)(H,17,23)(H,18,24)(H,20,21). The lowest BCUT2D eigenvalue weighted by atomic mass is 10.1. The normalized spacial score (nSPS) is 15.3. The van der Waals surface area contributed by atoms with E-state index in [9.17, 15) is 24.3 Å². The van der Waals surface area contributed by atoms with E-state index in [2.05, 4.69) is 28.6 Å². The number of carbonyl (C=O) groups excluding carboxylic acids is 3. The molecule has 0 aliphatic carbocycles. The van der Waals surface area contributed by atoms with Gasteiger partial charge in [-0.15, -0.1) is 0 Å². The fourth-order valence-electron chi connectivity index (χ4n) is 1.74. The second-order valence-corrected chi connectivity index (χ2v) is 6.82. The van der Waals surface area contributed by atoms with Crippen molar-refractivity contribution in [2.24, 2.45) is 5.73 Å². The van der Waals surface area contributed by atoms with E-state index in [1.165, 1.54) is 18.7 Å². The van der Waals surface area contributed by atoms with Crippen LogP contribution in [0.3, 0.4) is 0 Å². The summed E-state index contributed by atoms with van der Waals surface area (Å²) in [6, 6.07) is -3.24. The van der Waals surface area contributed by atoms with Crippen LogP contribution in [0.5, 0.6) is 0 Å². The number of aliphatic hydroxyl groups is 1. The van der Waals surface area contributed by atoms with Crippen LogP contribution in [-0.2, 0) is 19.2 Å². The van der Waals surface area contributed by atoms with Gasteiger partial charge in [-0.05, 0) is 25.4 Å². The molecule has 0 aromatic rings. The van der Waals surface area contributed by atoms with Crippen LogP contribution in [0.15, 0.2) is 0 Å². The van der Waals surface area contributed by atoms with Crippen molar-refractivity contribution in [2.75, 3.05) is 24.3 Å². The molecule has 3 amide bonds. The second-order valence-electron chi connectivity index (χ2n) is 5.46. The highest BCUT2D eigenvalue weighted by Gasteiger charge is 2.28. The van der Waals surface area contributed by atoms with E-state index in [1.807, 2.05) is 6.26 Å². The number of nitrogens with two attached hydrogens (primary N) is 1. The summed E-state index contributed by atoms with van der Waals surface area (Å²) in [5, 5.41) is 25.0. The molecule has 12 heteroatoms. The largest absolute Gasteiger partial charge is 0.480 e. The van der Waals surface area contributed by atoms with E-state index in [4.69, 9.17) is 10.8 Å². The van der Waals surface area contributed by atoms with Gasteiger partial charge >= 0.3 is 5.97 Å². The highest BCUT2D eigenvalue weighted by atomic mass is 32.2. The number of hydrogen-bond donors (Lipinski definition) is 7. The number of aliphatic hydroxyl groups excluding tert-OH is 1. The Labute approximate surface area is 161 Å². The van der Waals surface area contributed by atoms with Gasteiger partial charge in [-0.3, -0.25) is 19.2 Å². The van der Waals surface area contributed by atoms with Crippen molar-refractivity contribution in [3.63, 3.8) is 0 Å². The summed E-state index contributed by atoms with van der Waals surface area (Å²) in [6.45, 7) is 0.770. The monoisotopic (exact) mass is 410 g/mol. The summed E-state index contributed by atoms with van der Waals surface area (Å²) in [7, 11) is 0.